The first kappa shape index (κ1) is 23.7. The zero-order valence-corrected chi connectivity index (χ0v) is 17.9. The fourth-order valence-electron chi connectivity index (χ4n) is 3.15. The third kappa shape index (κ3) is 5.82. The molecule has 0 unspecified atom stereocenters. The van der Waals surface area contributed by atoms with Gasteiger partial charge in [-0.3, -0.25) is 4.79 Å². The fraction of sp³-hybridized carbons (Fsp3) is 0.650. The second-order valence-electron chi connectivity index (χ2n) is 6.44. The van der Waals surface area contributed by atoms with E-state index in [1.165, 1.54) is 4.90 Å². The van der Waals surface area contributed by atoms with Gasteiger partial charge in [0.05, 0.1) is 13.2 Å². The zero-order valence-electron chi connectivity index (χ0n) is 17.9. The standard InChI is InChI=1S/C20H33N3O5/c1-7-21-20(26)23(11-10-12-27-8-2)13-16(24)17-14(4)18(19(25)28-9-3)22(6)15(17)5/h7-13H2,1-6H3,(H,21,26). The summed E-state index contributed by atoms with van der Waals surface area (Å²) in [7, 11) is 1.73. The number of amides is 2. The Morgan fingerprint density at radius 1 is 1.11 bits per heavy atom. The predicted octanol–water partition coefficient (Wildman–Crippen LogP) is 2.46. The number of carbonyl (C=O) groups is 3. The van der Waals surface area contributed by atoms with Crippen molar-refractivity contribution in [3.8, 4) is 0 Å². The Hall–Kier alpha value is -2.35. The minimum Gasteiger partial charge on any atom is -0.461 e. The molecule has 0 bridgehead atoms. The predicted molar refractivity (Wildman–Crippen MR) is 107 cm³/mol. The van der Waals surface area contributed by atoms with E-state index in [-0.39, 0.29) is 25.0 Å². The van der Waals surface area contributed by atoms with Crippen molar-refractivity contribution in [3.63, 3.8) is 0 Å². The maximum atomic E-state index is 13.0. The molecule has 0 fully saturated rings. The molecular weight excluding hydrogens is 362 g/mol. The molecule has 1 aromatic heterocycles. The number of hydrogen-bond donors (Lipinski definition) is 1. The Balaban J connectivity index is 3.05. The normalized spacial score (nSPS) is 10.6. The van der Waals surface area contributed by atoms with Gasteiger partial charge in [0.2, 0.25) is 0 Å². The smallest absolute Gasteiger partial charge is 0.355 e. The molecule has 1 aromatic rings. The van der Waals surface area contributed by atoms with E-state index in [1.54, 1.807) is 32.4 Å². The first-order valence-corrected chi connectivity index (χ1v) is 9.76. The Bertz CT molecular complexity index is 697. The van der Waals surface area contributed by atoms with Gasteiger partial charge in [-0.25, -0.2) is 9.59 Å². The number of nitrogens with one attached hydrogen (secondary N) is 1. The van der Waals surface area contributed by atoms with Crippen LogP contribution in [0.15, 0.2) is 0 Å². The minimum absolute atomic E-state index is 0.0636. The lowest BCUT2D eigenvalue weighted by molar-refractivity contribution is 0.0514. The van der Waals surface area contributed by atoms with E-state index in [1.807, 2.05) is 13.8 Å². The summed E-state index contributed by atoms with van der Waals surface area (Å²) in [5, 5.41) is 2.74. The van der Waals surface area contributed by atoms with Crippen molar-refractivity contribution in [2.45, 2.75) is 41.0 Å². The van der Waals surface area contributed by atoms with Gasteiger partial charge in [0.15, 0.2) is 5.78 Å². The van der Waals surface area contributed by atoms with Crippen LogP contribution >= 0.6 is 0 Å². The van der Waals surface area contributed by atoms with Crippen molar-refractivity contribution >= 4 is 17.8 Å². The van der Waals surface area contributed by atoms with Crippen LogP contribution in [0.5, 0.6) is 0 Å². The van der Waals surface area contributed by atoms with E-state index in [0.717, 1.165) is 0 Å². The quantitative estimate of drug-likeness (QED) is 0.353. The number of Topliss-reactive ketones (excluding diaryl/α,β-unsaturated/α-hetero) is 1. The van der Waals surface area contributed by atoms with Gasteiger partial charge in [-0.15, -0.1) is 0 Å². The van der Waals surface area contributed by atoms with Crippen molar-refractivity contribution in [1.29, 1.82) is 0 Å². The van der Waals surface area contributed by atoms with Crippen LogP contribution in [0.1, 0.15) is 59.3 Å². The number of ether oxygens (including phenoxy) is 2. The summed E-state index contributed by atoms with van der Waals surface area (Å²) in [6, 6.07) is -0.288. The molecule has 0 aliphatic carbocycles. The summed E-state index contributed by atoms with van der Waals surface area (Å²) >= 11 is 0. The molecule has 0 aromatic carbocycles. The van der Waals surface area contributed by atoms with Gasteiger partial charge in [-0.2, -0.15) is 0 Å². The van der Waals surface area contributed by atoms with Crippen LogP contribution < -0.4 is 5.32 Å². The summed E-state index contributed by atoms with van der Waals surface area (Å²) in [5.74, 6) is -0.661. The molecule has 0 spiro atoms. The molecule has 0 aliphatic heterocycles. The Morgan fingerprint density at radius 2 is 1.79 bits per heavy atom. The van der Waals surface area contributed by atoms with E-state index in [0.29, 0.717) is 55.2 Å². The van der Waals surface area contributed by atoms with Crippen molar-refractivity contribution in [2.75, 3.05) is 39.5 Å². The Labute approximate surface area is 167 Å². The SMILES string of the molecule is CCNC(=O)N(CCCOCC)CC(=O)c1c(C)c(C(=O)OCC)n(C)c1C. The first-order valence-electron chi connectivity index (χ1n) is 9.76. The number of carbonyl (C=O) groups excluding carboxylic acids is 3. The average Bonchev–Trinajstić information content (AvgIpc) is 2.87. The maximum Gasteiger partial charge on any atom is 0.355 e. The largest absolute Gasteiger partial charge is 0.461 e. The van der Waals surface area contributed by atoms with E-state index in [2.05, 4.69) is 5.32 Å². The van der Waals surface area contributed by atoms with E-state index in [9.17, 15) is 14.4 Å². The fourth-order valence-corrected chi connectivity index (χ4v) is 3.15. The summed E-state index contributed by atoms with van der Waals surface area (Å²) in [5.41, 5.74) is 2.08. The summed E-state index contributed by atoms with van der Waals surface area (Å²) in [6.45, 7) is 11.2. The molecule has 158 valence electrons. The van der Waals surface area contributed by atoms with Crippen LogP contribution in [0.25, 0.3) is 0 Å². The number of urea groups is 1. The molecule has 8 nitrogen and oxygen atoms in total. The molecule has 0 atom stereocenters. The second-order valence-corrected chi connectivity index (χ2v) is 6.44. The summed E-state index contributed by atoms with van der Waals surface area (Å²) < 4.78 is 12.1. The third-order valence-corrected chi connectivity index (χ3v) is 4.55. The van der Waals surface area contributed by atoms with Crippen LogP contribution in [0, 0.1) is 13.8 Å². The number of aromatic nitrogens is 1. The van der Waals surface area contributed by atoms with Crippen LogP contribution in [0.4, 0.5) is 4.79 Å². The highest BCUT2D eigenvalue weighted by Crippen LogP contribution is 2.23. The molecule has 0 saturated carbocycles. The van der Waals surface area contributed by atoms with Gasteiger partial charge in [0.25, 0.3) is 0 Å². The lowest BCUT2D eigenvalue weighted by atomic mass is 10.1. The van der Waals surface area contributed by atoms with Crippen molar-refractivity contribution in [1.82, 2.24) is 14.8 Å². The van der Waals surface area contributed by atoms with Crippen LogP contribution in [-0.4, -0.2) is 66.7 Å². The van der Waals surface area contributed by atoms with Gasteiger partial charge < -0.3 is 24.3 Å². The van der Waals surface area contributed by atoms with Gasteiger partial charge in [0, 0.05) is 44.6 Å². The topological polar surface area (TPSA) is 89.9 Å². The van der Waals surface area contributed by atoms with Crippen molar-refractivity contribution in [2.24, 2.45) is 7.05 Å². The van der Waals surface area contributed by atoms with Gasteiger partial charge in [-0.1, -0.05) is 0 Å². The first-order chi connectivity index (χ1) is 13.3. The highest BCUT2D eigenvalue weighted by Gasteiger charge is 2.27. The highest BCUT2D eigenvalue weighted by atomic mass is 16.5. The lowest BCUT2D eigenvalue weighted by Crippen LogP contribution is -2.43. The van der Waals surface area contributed by atoms with Crippen LogP contribution in [0.2, 0.25) is 0 Å². The molecule has 0 aliphatic rings. The second kappa shape index (κ2) is 11.5. The number of esters is 1. The Kier molecular flexibility index (Phi) is 9.72. The summed E-state index contributed by atoms with van der Waals surface area (Å²) in [4.78, 5) is 39.1. The number of nitrogens with zero attached hydrogens (tertiary/aromatic N) is 2. The van der Waals surface area contributed by atoms with Gasteiger partial charge >= 0.3 is 12.0 Å². The monoisotopic (exact) mass is 395 g/mol. The number of hydrogen-bond acceptors (Lipinski definition) is 5. The van der Waals surface area contributed by atoms with Gasteiger partial charge in [0.1, 0.15) is 5.69 Å². The molecule has 1 N–H and O–H groups in total. The maximum absolute atomic E-state index is 13.0. The lowest BCUT2D eigenvalue weighted by Gasteiger charge is -2.22. The summed E-state index contributed by atoms with van der Waals surface area (Å²) in [6.07, 6.45) is 0.638. The van der Waals surface area contributed by atoms with Crippen molar-refractivity contribution < 1.29 is 23.9 Å². The van der Waals surface area contributed by atoms with Crippen LogP contribution in [-0.2, 0) is 16.5 Å². The number of ketones is 1. The van der Waals surface area contributed by atoms with E-state index in [4.69, 9.17) is 9.47 Å². The molecule has 1 heterocycles. The Morgan fingerprint density at radius 3 is 2.36 bits per heavy atom. The molecule has 0 radical (unpaired) electrons. The molecular formula is C20H33N3O5. The molecule has 0 saturated heterocycles. The van der Waals surface area contributed by atoms with Gasteiger partial charge in [-0.05, 0) is 46.6 Å². The van der Waals surface area contributed by atoms with E-state index >= 15 is 0 Å². The average molecular weight is 396 g/mol. The number of rotatable bonds is 11. The highest BCUT2D eigenvalue weighted by molar-refractivity contribution is 6.04. The molecule has 2 amide bonds. The minimum atomic E-state index is -0.457. The molecule has 28 heavy (non-hydrogen) atoms. The van der Waals surface area contributed by atoms with Crippen molar-refractivity contribution in [3.05, 3.63) is 22.5 Å². The third-order valence-electron chi connectivity index (χ3n) is 4.55. The molecule has 1 rings (SSSR count). The van der Waals surface area contributed by atoms with E-state index < -0.39 is 5.97 Å². The van der Waals surface area contributed by atoms with Crippen LogP contribution in [0.3, 0.4) is 0 Å². The molecule has 8 heteroatoms. The zero-order chi connectivity index (χ0) is 21.3.